The van der Waals surface area contributed by atoms with Crippen LogP contribution in [-0.2, 0) is 4.79 Å². The van der Waals surface area contributed by atoms with Gasteiger partial charge in [-0.2, -0.15) is 0 Å². The van der Waals surface area contributed by atoms with Crippen molar-refractivity contribution in [1.82, 2.24) is 5.32 Å². The third-order valence-corrected chi connectivity index (χ3v) is 8.88. The van der Waals surface area contributed by atoms with Crippen molar-refractivity contribution in [3.8, 4) is 0 Å². The van der Waals surface area contributed by atoms with Crippen LogP contribution in [0.5, 0.6) is 0 Å². The molecule has 0 saturated heterocycles. The van der Waals surface area contributed by atoms with E-state index < -0.39 is 36.9 Å². The molecular weight excluding hydrogens is 562 g/mol. The number of amides is 1. The van der Waals surface area contributed by atoms with Gasteiger partial charge in [-0.15, -0.1) is 0 Å². The fourth-order valence-corrected chi connectivity index (χ4v) is 5.75. The van der Waals surface area contributed by atoms with Crippen molar-refractivity contribution in [2.45, 2.75) is 212 Å². The largest absolute Gasteiger partial charge is 0.394 e. The number of aliphatic hydroxyl groups excluding tert-OH is 4. The van der Waals surface area contributed by atoms with E-state index in [1.165, 1.54) is 116 Å². The van der Waals surface area contributed by atoms with Crippen LogP contribution < -0.4 is 5.32 Å². The Morgan fingerprint density at radius 1 is 0.533 bits per heavy atom. The van der Waals surface area contributed by atoms with Crippen molar-refractivity contribution in [2.24, 2.45) is 0 Å². The van der Waals surface area contributed by atoms with Gasteiger partial charge in [0.2, 0.25) is 5.91 Å². The van der Waals surface area contributed by atoms with Crippen LogP contribution in [0.25, 0.3) is 0 Å². The first-order valence-corrected chi connectivity index (χ1v) is 19.2. The minimum absolute atomic E-state index is 0.356. The second-order valence-electron chi connectivity index (χ2n) is 13.3. The second kappa shape index (κ2) is 34.1. The minimum atomic E-state index is -1.28. The maximum absolute atomic E-state index is 12.4. The molecule has 6 heteroatoms. The third-order valence-electron chi connectivity index (χ3n) is 8.88. The van der Waals surface area contributed by atoms with E-state index in [0.29, 0.717) is 19.3 Å². The summed E-state index contributed by atoms with van der Waals surface area (Å²) in [5.41, 5.74) is 0. The lowest BCUT2D eigenvalue weighted by molar-refractivity contribution is -0.132. The molecular formula is C39H75NO5. The highest BCUT2D eigenvalue weighted by molar-refractivity contribution is 5.80. The Morgan fingerprint density at radius 2 is 0.911 bits per heavy atom. The second-order valence-corrected chi connectivity index (χ2v) is 13.3. The molecule has 0 bridgehead atoms. The molecule has 0 aromatic rings. The number of carbonyl (C=O) groups excluding carboxylic acids is 1. The summed E-state index contributed by atoms with van der Waals surface area (Å²) in [5, 5.41) is 43.2. The van der Waals surface area contributed by atoms with Crippen molar-refractivity contribution in [3.05, 3.63) is 24.3 Å². The van der Waals surface area contributed by atoms with E-state index in [2.05, 4.69) is 43.5 Å². The van der Waals surface area contributed by atoms with Crippen LogP contribution in [0, 0.1) is 0 Å². The average molecular weight is 638 g/mol. The summed E-state index contributed by atoms with van der Waals surface area (Å²) < 4.78 is 0. The molecule has 0 heterocycles. The fraction of sp³-hybridized carbons (Fsp3) is 0.872. The van der Waals surface area contributed by atoms with Gasteiger partial charge in [-0.1, -0.05) is 147 Å². The van der Waals surface area contributed by atoms with Crippen molar-refractivity contribution in [3.63, 3.8) is 0 Å². The Hall–Kier alpha value is -1.21. The zero-order valence-electron chi connectivity index (χ0n) is 29.6. The van der Waals surface area contributed by atoms with Gasteiger partial charge in [0, 0.05) is 0 Å². The molecule has 0 fully saturated rings. The van der Waals surface area contributed by atoms with E-state index >= 15 is 0 Å². The topological polar surface area (TPSA) is 110 Å². The molecule has 1 amide bonds. The molecule has 266 valence electrons. The summed E-state index contributed by atoms with van der Waals surface area (Å²) in [7, 11) is 0. The number of hydrogen-bond donors (Lipinski definition) is 5. The quantitative estimate of drug-likeness (QED) is 0.0357. The van der Waals surface area contributed by atoms with Gasteiger partial charge in [0.1, 0.15) is 12.2 Å². The van der Waals surface area contributed by atoms with Crippen molar-refractivity contribution >= 4 is 5.91 Å². The number of rotatable bonds is 34. The first-order valence-electron chi connectivity index (χ1n) is 19.2. The predicted molar refractivity (Wildman–Crippen MR) is 191 cm³/mol. The van der Waals surface area contributed by atoms with Crippen LogP contribution in [0.4, 0.5) is 0 Å². The van der Waals surface area contributed by atoms with Gasteiger partial charge < -0.3 is 25.7 Å². The van der Waals surface area contributed by atoms with E-state index in [9.17, 15) is 25.2 Å². The molecule has 0 rings (SSSR count). The third kappa shape index (κ3) is 28.7. The number of allylic oxidation sites excluding steroid dienone is 4. The lowest BCUT2D eigenvalue weighted by atomic mass is 10.00. The first-order chi connectivity index (χ1) is 22.0. The Kier molecular flexibility index (Phi) is 33.2. The first kappa shape index (κ1) is 43.8. The summed E-state index contributed by atoms with van der Waals surface area (Å²) in [6.45, 7) is 3.96. The Labute approximate surface area is 278 Å². The van der Waals surface area contributed by atoms with Gasteiger partial charge in [0.15, 0.2) is 0 Å². The van der Waals surface area contributed by atoms with E-state index in [0.717, 1.165) is 38.5 Å². The molecule has 0 aliphatic heterocycles. The Balaban J connectivity index is 3.74. The molecule has 5 N–H and O–H groups in total. The van der Waals surface area contributed by atoms with Crippen molar-refractivity contribution in [1.29, 1.82) is 0 Å². The van der Waals surface area contributed by atoms with Crippen LogP contribution in [0.3, 0.4) is 0 Å². The Morgan fingerprint density at radius 3 is 1.38 bits per heavy atom. The standard InChI is InChI=1S/C39H75NO5/c1-3-5-7-9-11-13-14-15-16-17-18-19-20-21-22-23-24-25-27-29-31-33-37(43)39(45)40-35(34-41)38(44)36(42)32-30-28-26-12-10-8-6-4-2/h12,20-21,26,35-38,41-44H,3-11,13-19,22-25,27-34H2,1-2H3,(H,40,45)/b21-20-,26-12+. The monoisotopic (exact) mass is 638 g/mol. The van der Waals surface area contributed by atoms with Gasteiger partial charge in [0.25, 0.3) is 0 Å². The Bertz CT molecular complexity index is 682. The van der Waals surface area contributed by atoms with E-state index in [1.54, 1.807) is 0 Å². The summed E-state index contributed by atoms with van der Waals surface area (Å²) in [6, 6.07) is -1.000. The number of unbranched alkanes of at least 4 members (excludes halogenated alkanes) is 21. The molecule has 0 spiro atoms. The van der Waals surface area contributed by atoms with E-state index in [-0.39, 0.29) is 0 Å². The maximum atomic E-state index is 12.4. The molecule has 0 aliphatic rings. The normalized spacial score (nSPS) is 14.7. The highest BCUT2D eigenvalue weighted by Crippen LogP contribution is 2.14. The molecule has 0 aromatic carbocycles. The number of hydrogen-bond acceptors (Lipinski definition) is 5. The molecule has 0 aliphatic carbocycles. The zero-order chi connectivity index (χ0) is 33.2. The number of nitrogens with one attached hydrogen (secondary N) is 1. The van der Waals surface area contributed by atoms with Gasteiger partial charge in [-0.25, -0.2) is 0 Å². The lowest BCUT2D eigenvalue weighted by Crippen LogP contribution is -2.53. The van der Waals surface area contributed by atoms with Crippen LogP contribution in [0.1, 0.15) is 187 Å². The van der Waals surface area contributed by atoms with Crippen LogP contribution in [0.2, 0.25) is 0 Å². The highest BCUT2D eigenvalue weighted by Gasteiger charge is 2.28. The number of carbonyl (C=O) groups is 1. The number of aliphatic hydroxyl groups is 4. The van der Waals surface area contributed by atoms with Crippen molar-refractivity contribution in [2.75, 3.05) is 6.61 Å². The highest BCUT2D eigenvalue weighted by atomic mass is 16.3. The van der Waals surface area contributed by atoms with Gasteiger partial charge in [-0.3, -0.25) is 4.79 Å². The zero-order valence-corrected chi connectivity index (χ0v) is 29.6. The lowest BCUT2D eigenvalue weighted by Gasteiger charge is -2.27. The minimum Gasteiger partial charge on any atom is -0.394 e. The van der Waals surface area contributed by atoms with Gasteiger partial charge in [0.05, 0.1) is 18.8 Å². The maximum Gasteiger partial charge on any atom is 0.249 e. The molecule has 6 nitrogen and oxygen atoms in total. The van der Waals surface area contributed by atoms with Crippen molar-refractivity contribution < 1.29 is 25.2 Å². The molecule has 45 heavy (non-hydrogen) atoms. The molecule has 4 atom stereocenters. The van der Waals surface area contributed by atoms with Gasteiger partial charge in [-0.05, 0) is 64.2 Å². The smallest absolute Gasteiger partial charge is 0.249 e. The summed E-state index contributed by atoms with van der Waals surface area (Å²) in [6.07, 6.45) is 36.5. The van der Waals surface area contributed by atoms with Crippen LogP contribution >= 0.6 is 0 Å². The molecule has 0 radical (unpaired) electrons. The van der Waals surface area contributed by atoms with Crippen LogP contribution in [-0.4, -0.2) is 57.3 Å². The van der Waals surface area contributed by atoms with E-state index in [1.807, 2.05) is 0 Å². The summed E-state index contributed by atoms with van der Waals surface area (Å²) in [4.78, 5) is 12.4. The van der Waals surface area contributed by atoms with E-state index in [4.69, 9.17) is 0 Å². The predicted octanol–water partition coefficient (Wildman–Crippen LogP) is 9.23. The molecule has 0 saturated carbocycles. The summed E-state index contributed by atoms with van der Waals surface area (Å²) >= 11 is 0. The van der Waals surface area contributed by atoms with Gasteiger partial charge >= 0.3 is 0 Å². The average Bonchev–Trinajstić information content (AvgIpc) is 3.04. The molecule has 0 aromatic heterocycles. The fourth-order valence-electron chi connectivity index (χ4n) is 5.75. The SMILES string of the molecule is CCCCC/C=C/CCCC(O)C(O)C(CO)NC(=O)C(O)CCCCCCCC/C=C\CCCCCCCCCCCCC. The summed E-state index contributed by atoms with van der Waals surface area (Å²) in [5.74, 6) is -0.602. The molecule has 4 unspecified atom stereocenters. The van der Waals surface area contributed by atoms with Crippen LogP contribution in [0.15, 0.2) is 24.3 Å².